The minimum Gasteiger partial charge on any atom is -0.406 e. The first-order valence-electron chi connectivity index (χ1n) is 6.64. The highest BCUT2D eigenvalue weighted by Crippen LogP contribution is 2.25. The maximum atomic E-state index is 12.2. The van der Waals surface area contributed by atoms with E-state index in [0.29, 0.717) is 0 Å². The molecule has 1 aromatic heterocycles. The molecular formula is C15H12F3N3O3. The number of nitrogens with zero attached hydrogens (tertiary/aromatic N) is 1. The summed E-state index contributed by atoms with van der Waals surface area (Å²) in [5.74, 6) is -1.19. The van der Waals surface area contributed by atoms with Gasteiger partial charge in [0.25, 0.3) is 5.91 Å². The summed E-state index contributed by atoms with van der Waals surface area (Å²) in [6.07, 6.45) is -3.50. The van der Waals surface area contributed by atoms with Crippen molar-refractivity contribution in [2.75, 3.05) is 10.6 Å². The Bertz CT molecular complexity index is 763. The van der Waals surface area contributed by atoms with Gasteiger partial charge in [0, 0.05) is 30.4 Å². The van der Waals surface area contributed by atoms with Gasteiger partial charge < -0.3 is 15.4 Å². The molecule has 2 N–H and O–H groups in total. The van der Waals surface area contributed by atoms with E-state index in [0.717, 1.165) is 12.1 Å². The molecule has 126 valence electrons. The number of pyridine rings is 1. The van der Waals surface area contributed by atoms with Gasteiger partial charge in [-0.3, -0.25) is 9.59 Å². The third-order valence-electron chi connectivity index (χ3n) is 2.65. The van der Waals surface area contributed by atoms with E-state index < -0.39 is 18.0 Å². The van der Waals surface area contributed by atoms with Gasteiger partial charge in [0.1, 0.15) is 11.6 Å². The Morgan fingerprint density at radius 2 is 1.88 bits per heavy atom. The molecule has 6 nitrogen and oxygen atoms in total. The molecule has 0 saturated carbocycles. The van der Waals surface area contributed by atoms with Crippen LogP contribution in [0, 0.1) is 0 Å². The fourth-order valence-electron chi connectivity index (χ4n) is 1.79. The fourth-order valence-corrected chi connectivity index (χ4v) is 1.79. The molecule has 0 bridgehead atoms. The van der Waals surface area contributed by atoms with E-state index in [1.807, 2.05) is 0 Å². The molecular weight excluding hydrogens is 327 g/mol. The maximum Gasteiger partial charge on any atom is 0.573 e. The van der Waals surface area contributed by atoms with Crippen molar-refractivity contribution in [3.63, 3.8) is 0 Å². The number of aromatic nitrogens is 1. The predicted molar refractivity (Wildman–Crippen MR) is 79.6 cm³/mol. The molecule has 2 rings (SSSR count). The molecule has 1 aromatic carbocycles. The summed E-state index contributed by atoms with van der Waals surface area (Å²) >= 11 is 0. The number of carbonyl (C=O) groups is 2. The minimum absolute atomic E-state index is 0.125. The third-order valence-corrected chi connectivity index (χ3v) is 2.65. The molecule has 0 unspecified atom stereocenters. The second-order valence-electron chi connectivity index (χ2n) is 4.64. The molecule has 2 amide bonds. The van der Waals surface area contributed by atoms with Crippen molar-refractivity contribution in [1.82, 2.24) is 4.98 Å². The van der Waals surface area contributed by atoms with Gasteiger partial charge in [-0.2, -0.15) is 0 Å². The standard InChI is InChI=1S/C15H12F3N3O3/c1-9(22)20-13-7-10(5-6-19-13)14(23)21-11-3-2-4-12(8-11)24-15(16,17)18/h2-8H,1H3,(H,21,23)(H,19,20,22). The van der Waals surface area contributed by atoms with Gasteiger partial charge in [0.2, 0.25) is 5.91 Å². The van der Waals surface area contributed by atoms with Crippen LogP contribution in [0.3, 0.4) is 0 Å². The van der Waals surface area contributed by atoms with E-state index in [4.69, 9.17) is 0 Å². The van der Waals surface area contributed by atoms with Crippen LogP contribution >= 0.6 is 0 Å². The summed E-state index contributed by atoms with van der Waals surface area (Å²) in [4.78, 5) is 27.0. The van der Waals surface area contributed by atoms with Gasteiger partial charge in [-0.05, 0) is 24.3 Å². The Morgan fingerprint density at radius 1 is 1.12 bits per heavy atom. The first-order valence-corrected chi connectivity index (χ1v) is 6.64. The lowest BCUT2D eigenvalue weighted by Crippen LogP contribution is -2.17. The minimum atomic E-state index is -4.82. The summed E-state index contributed by atoms with van der Waals surface area (Å²) in [7, 11) is 0. The Kier molecular flexibility index (Phi) is 5.02. The quantitative estimate of drug-likeness (QED) is 0.896. The number of hydrogen-bond donors (Lipinski definition) is 2. The maximum absolute atomic E-state index is 12.2. The molecule has 0 atom stereocenters. The van der Waals surface area contributed by atoms with Crippen molar-refractivity contribution < 1.29 is 27.5 Å². The molecule has 0 aliphatic carbocycles. The summed E-state index contributed by atoms with van der Waals surface area (Å²) in [5, 5.41) is 4.86. The van der Waals surface area contributed by atoms with Crippen molar-refractivity contribution in [3.05, 3.63) is 48.2 Å². The number of benzene rings is 1. The molecule has 24 heavy (non-hydrogen) atoms. The zero-order chi connectivity index (χ0) is 17.7. The number of ether oxygens (including phenoxy) is 1. The Hall–Kier alpha value is -3.10. The van der Waals surface area contributed by atoms with Crippen LogP contribution in [0.15, 0.2) is 42.6 Å². The zero-order valence-corrected chi connectivity index (χ0v) is 12.3. The van der Waals surface area contributed by atoms with E-state index in [2.05, 4.69) is 20.4 Å². The van der Waals surface area contributed by atoms with Gasteiger partial charge in [0.15, 0.2) is 0 Å². The van der Waals surface area contributed by atoms with Gasteiger partial charge in [-0.25, -0.2) is 4.98 Å². The summed E-state index contributed by atoms with van der Waals surface area (Å²) in [6, 6.07) is 7.62. The average Bonchev–Trinajstić information content (AvgIpc) is 2.45. The van der Waals surface area contributed by atoms with Crippen molar-refractivity contribution in [2.24, 2.45) is 0 Å². The van der Waals surface area contributed by atoms with Crippen LogP contribution in [0.4, 0.5) is 24.7 Å². The molecule has 0 aliphatic heterocycles. The molecule has 0 radical (unpaired) electrons. The van der Waals surface area contributed by atoms with Crippen LogP contribution < -0.4 is 15.4 Å². The van der Waals surface area contributed by atoms with E-state index in [-0.39, 0.29) is 23.0 Å². The van der Waals surface area contributed by atoms with E-state index in [9.17, 15) is 22.8 Å². The van der Waals surface area contributed by atoms with Gasteiger partial charge >= 0.3 is 6.36 Å². The van der Waals surface area contributed by atoms with Crippen molar-refractivity contribution in [2.45, 2.75) is 13.3 Å². The molecule has 0 fully saturated rings. The van der Waals surface area contributed by atoms with Crippen molar-refractivity contribution in [1.29, 1.82) is 0 Å². The van der Waals surface area contributed by atoms with Crippen LogP contribution in [-0.4, -0.2) is 23.2 Å². The Balaban J connectivity index is 2.12. The van der Waals surface area contributed by atoms with Gasteiger partial charge in [-0.15, -0.1) is 13.2 Å². The Labute approximate surface area is 134 Å². The van der Waals surface area contributed by atoms with Crippen LogP contribution in [0.25, 0.3) is 0 Å². The van der Waals surface area contributed by atoms with Crippen molar-refractivity contribution >= 4 is 23.3 Å². The lowest BCUT2D eigenvalue weighted by atomic mass is 10.2. The number of nitrogens with one attached hydrogen (secondary N) is 2. The number of carbonyl (C=O) groups excluding carboxylic acids is 2. The first-order chi connectivity index (χ1) is 11.2. The number of rotatable bonds is 4. The van der Waals surface area contributed by atoms with E-state index in [1.165, 1.54) is 37.4 Å². The van der Waals surface area contributed by atoms with Crippen LogP contribution in [0.1, 0.15) is 17.3 Å². The molecule has 2 aromatic rings. The van der Waals surface area contributed by atoms with Crippen molar-refractivity contribution in [3.8, 4) is 5.75 Å². The summed E-state index contributed by atoms with van der Waals surface area (Å²) in [5.41, 5.74) is 0.301. The number of anilines is 2. The molecule has 0 saturated heterocycles. The number of halogens is 3. The zero-order valence-electron chi connectivity index (χ0n) is 12.3. The highest BCUT2D eigenvalue weighted by atomic mass is 19.4. The molecule has 0 aliphatic rings. The molecule has 1 heterocycles. The highest BCUT2D eigenvalue weighted by molar-refractivity contribution is 6.05. The summed E-state index contributed by atoms with van der Waals surface area (Å²) < 4.78 is 40.4. The second-order valence-corrected chi connectivity index (χ2v) is 4.64. The average molecular weight is 339 g/mol. The lowest BCUT2D eigenvalue weighted by Gasteiger charge is -2.11. The van der Waals surface area contributed by atoms with Crippen LogP contribution in [0.2, 0.25) is 0 Å². The van der Waals surface area contributed by atoms with Gasteiger partial charge in [0.05, 0.1) is 0 Å². The Morgan fingerprint density at radius 3 is 2.54 bits per heavy atom. The predicted octanol–water partition coefficient (Wildman–Crippen LogP) is 3.19. The van der Waals surface area contributed by atoms with Crippen LogP contribution in [0.5, 0.6) is 5.75 Å². The number of hydrogen-bond acceptors (Lipinski definition) is 4. The highest BCUT2D eigenvalue weighted by Gasteiger charge is 2.31. The van der Waals surface area contributed by atoms with Gasteiger partial charge in [-0.1, -0.05) is 6.07 Å². The summed E-state index contributed by atoms with van der Waals surface area (Å²) in [6.45, 7) is 1.29. The van der Waals surface area contributed by atoms with E-state index >= 15 is 0 Å². The molecule has 0 spiro atoms. The SMILES string of the molecule is CC(=O)Nc1cc(C(=O)Nc2cccc(OC(F)(F)F)c2)ccn1. The normalized spacial score (nSPS) is 10.8. The third kappa shape index (κ3) is 5.27. The number of alkyl halides is 3. The smallest absolute Gasteiger partial charge is 0.406 e. The van der Waals surface area contributed by atoms with E-state index in [1.54, 1.807) is 0 Å². The topological polar surface area (TPSA) is 80.3 Å². The lowest BCUT2D eigenvalue weighted by molar-refractivity contribution is -0.274. The monoisotopic (exact) mass is 339 g/mol. The van der Waals surface area contributed by atoms with Crippen LogP contribution in [-0.2, 0) is 4.79 Å². The first kappa shape index (κ1) is 17.3. The fraction of sp³-hybridized carbons (Fsp3) is 0.133. The largest absolute Gasteiger partial charge is 0.573 e. The number of amides is 2. The molecule has 9 heteroatoms. The second kappa shape index (κ2) is 6.99.